The van der Waals surface area contributed by atoms with Crippen molar-refractivity contribution in [2.45, 2.75) is 23.4 Å². The minimum atomic E-state index is -4.58. The molecule has 1 aliphatic rings. The van der Waals surface area contributed by atoms with E-state index in [1.165, 1.54) is 36.4 Å². The summed E-state index contributed by atoms with van der Waals surface area (Å²) in [5, 5.41) is 6.15. The molecule has 3 aromatic rings. The molecule has 2 atom stereocenters. The van der Waals surface area contributed by atoms with Gasteiger partial charge in [0.1, 0.15) is 4.33 Å². The summed E-state index contributed by atoms with van der Waals surface area (Å²) >= 11 is 31.2. The van der Waals surface area contributed by atoms with E-state index in [0.717, 1.165) is 0 Å². The monoisotopic (exact) mass is 634 g/mol. The molecule has 3 aromatic carbocycles. The van der Waals surface area contributed by atoms with Gasteiger partial charge in [0.25, 0.3) is 5.91 Å². The van der Waals surface area contributed by atoms with E-state index in [1.54, 1.807) is 25.1 Å². The van der Waals surface area contributed by atoms with Crippen molar-refractivity contribution in [1.29, 1.82) is 0 Å². The van der Waals surface area contributed by atoms with Gasteiger partial charge in [-0.1, -0.05) is 47.4 Å². The Bertz CT molecular complexity index is 1490. The standard InChI is InChI=1S/C27H18Cl5F3N2O2/c1-12-7-14(13(2)27(33,34)35)3-6-21(12)37-24(38)19-11-18(4-5-20(19)30)36-25(39)23-22(26(23,31)32)15-8-16(28)10-17(29)9-15/h3-11,22-23H,2H2,1H3,(H,36,39)(H,37,38)/t22-,23+/m0/s1. The van der Waals surface area contributed by atoms with E-state index in [9.17, 15) is 22.8 Å². The van der Waals surface area contributed by atoms with Crippen molar-refractivity contribution in [3.05, 3.63) is 98.5 Å². The lowest BCUT2D eigenvalue weighted by Gasteiger charge is -2.14. The molecule has 0 heterocycles. The van der Waals surface area contributed by atoms with Crippen LogP contribution in [-0.2, 0) is 4.79 Å². The Hall–Kier alpha value is -2.42. The van der Waals surface area contributed by atoms with Crippen molar-refractivity contribution in [3.63, 3.8) is 0 Å². The third kappa shape index (κ3) is 6.34. The number of halogens is 8. The van der Waals surface area contributed by atoms with Crippen LogP contribution >= 0.6 is 58.0 Å². The predicted octanol–water partition coefficient (Wildman–Crippen LogP) is 9.31. The maximum absolute atomic E-state index is 13.0. The van der Waals surface area contributed by atoms with Crippen LogP contribution < -0.4 is 10.6 Å². The summed E-state index contributed by atoms with van der Waals surface area (Å²) in [7, 11) is 0. The fourth-order valence-electron chi connectivity index (χ4n) is 4.16. The Morgan fingerprint density at radius 1 is 0.923 bits per heavy atom. The number of carbonyl (C=O) groups excluding carboxylic acids is 2. The van der Waals surface area contributed by atoms with E-state index in [0.29, 0.717) is 21.2 Å². The van der Waals surface area contributed by atoms with Crippen molar-refractivity contribution in [2.24, 2.45) is 5.92 Å². The average Bonchev–Trinajstić information content (AvgIpc) is 3.41. The van der Waals surface area contributed by atoms with Crippen molar-refractivity contribution in [1.82, 2.24) is 0 Å². The van der Waals surface area contributed by atoms with Gasteiger partial charge in [-0.3, -0.25) is 9.59 Å². The lowest BCUT2D eigenvalue weighted by molar-refractivity contribution is -0.117. The largest absolute Gasteiger partial charge is 0.416 e. The molecule has 2 amide bonds. The summed E-state index contributed by atoms with van der Waals surface area (Å²) in [6, 6.07) is 12.9. The number of nitrogens with one attached hydrogen (secondary N) is 2. The minimum Gasteiger partial charge on any atom is -0.326 e. The Kier molecular flexibility index (Phi) is 8.23. The highest BCUT2D eigenvalue weighted by Gasteiger charge is 2.67. The predicted molar refractivity (Wildman–Crippen MR) is 151 cm³/mol. The first-order chi connectivity index (χ1) is 18.1. The first-order valence-electron chi connectivity index (χ1n) is 11.2. The van der Waals surface area contributed by atoms with Crippen LogP contribution in [0.25, 0.3) is 5.57 Å². The van der Waals surface area contributed by atoms with Gasteiger partial charge in [-0.25, -0.2) is 0 Å². The quantitative estimate of drug-likeness (QED) is 0.265. The second-order valence-electron chi connectivity index (χ2n) is 8.98. The second-order valence-corrected chi connectivity index (χ2v) is 11.7. The van der Waals surface area contributed by atoms with Gasteiger partial charge in [0.15, 0.2) is 0 Å². The van der Waals surface area contributed by atoms with E-state index < -0.39 is 39.7 Å². The van der Waals surface area contributed by atoms with E-state index in [1.807, 2.05) is 0 Å². The molecule has 12 heteroatoms. The first kappa shape index (κ1) is 29.6. The number of aryl methyl sites for hydroxylation is 1. The zero-order chi connectivity index (χ0) is 28.9. The Balaban J connectivity index is 1.50. The molecule has 0 bridgehead atoms. The van der Waals surface area contributed by atoms with Gasteiger partial charge < -0.3 is 10.6 Å². The van der Waals surface area contributed by atoms with Crippen LogP contribution in [0.3, 0.4) is 0 Å². The van der Waals surface area contributed by atoms with Crippen molar-refractivity contribution < 1.29 is 22.8 Å². The van der Waals surface area contributed by atoms with E-state index in [2.05, 4.69) is 17.2 Å². The lowest BCUT2D eigenvalue weighted by atomic mass is 10.0. The van der Waals surface area contributed by atoms with Crippen LogP contribution in [0.4, 0.5) is 24.5 Å². The molecule has 1 fully saturated rings. The fraction of sp³-hybridized carbons (Fsp3) is 0.185. The number of hydrogen-bond acceptors (Lipinski definition) is 2. The molecule has 4 nitrogen and oxygen atoms in total. The van der Waals surface area contributed by atoms with Crippen molar-refractivity contribution >= 4 is 86.8 Å². The maximum Gasteiger partial charge on any atom is 0.416 e. The molecule has 0 saturated heterocycles. The molecule has 0 radical (unpaired) electrons. The molecular weight excluding hydrogens is 619 g/mol. The molecular formula is C27H18Cl5F3N2O2. The van der Waals surface area contributed by atoms with E-state index >= 15 is 0 Å². The van der Waals surface area contributed by atoms with Gasteiger partial charge in [-0.15, -0.1) is 23.2 Å². The van der Waals surface area contributed by atoms with Crippen LogP contribution in [0.2, 0.25) is 15.1 Å². The van der Waals surface area contributed by atoms with Crippen LogP contribution in [0, 0.1) is 12.8 Å². The van der Waals surface area contributed by atoms with Gasteiger partial charge in [-0.05, 0) is 72.1 Å². The number of amides is 2. The van der Waals surface area contributed by atoms with Crippen LogP contribution in [0.15, 0.2) is 61.2 Å². The van der Waals surface area contributed by atoms with Gasteiger partial charge in [-0.2, -0.15) is 13.2 Å². The highest BCUT2D eigenvalue weighted by molar-refractivity contribution is 6.53. The summed E-state index contributed by atoms with van der Waals surface area (Å²) in [4.78, 5) is 26.0. The van der Waals surface area contributed by atoms with E-state index in [-0.39, 0.29) is 27.5 Å². The average molecular weight is 637 g/mol. The summed E-state index contributed by atoms with van der Waals surface area (Å²) in [6.45, 7) is 4.63. The number of alkyl halides is 5. The number of hydrogen-bond donors (Lipinski definition) is 2. The lowest BCUT2D eigenvalue weighted by Crippen LogP contribution is -2.18. The summed E-state index contributed by atoms with van der Waals surface area (Å²) in [5.74, 6) is -2.52. The van der Waals surface area contributed by atoms with Gasteiger partial charge >= 0.3 is 6.18 Å². The number of anilines is 2. The Morgan fingerprint density at radius 3 is 2.15 bits per heavy atom. The molecule has 2 N–H and O–H groups in total. The molecule has 0 unspecified atom stereocenters. The summed E-state index contributed by atoms with van der Waals surface area (Å²) in [6.07, 6.45) is -4.58. The molecule has 39 heavy (non-hydrogen) atoms. The van der Waals surface area contributed by atoms with Gasteiger partial charge in [0.2, 0.25) is 5.91 Å². The van der Waals surface area contributed by atoms with Crippen molar-refractivity contribution in [2.75, 3.05) is 10.6 Å². The maximum atomic E-state index is 13.0. The van der Waals surface area contributed by atoms with Crippen LogP contribution in [-0.4, -0.2) is 22.3 Å². The molecule has 0 spiro atoms. The Morgan fingerprint density at radius 2 is 1.56 bits per heavy atom. The molecule has 204 valence electrons. The molecule has 1 saturated carbocycles. The van der Waals surface area contributed by atoms with E-state index in [4.69, 9.17) is 58.0 Å². The van der Waals surface area contributed by atoms with Crippen LogP contribution in [0.1, 0.15) is 33.0 Å². The topological polar surface area (TPSA) is 58.2 Å². The number of carbonyl (C=O) groups is 2. The zero-order valence-corrected chi connectivity index (χ0v) is 23.7. The highest BCUT2D eigenvalue weighted by Crippen LogP contribution is 2.65. The molecule has 1 aliphatic carbocycles. The molecule has 0 aromatic heterocycles. The molecule has 4 rings (SSSR count). The third-order valence-corrected chi connectivity index (χ3v) is 7.93. The van der Waals surface area contributed by atoms with Crippen LogP contribution in [0.5, 0.6) is 0 Å². The van der Waals surface area contributed by atoms with Crippen molar-refractivity contribution in [3.8, 4) is 0 Å². The Labute approximate surface area is 247 Å². The normalized spacial score (nSPS) is 17.9. The smallest absolute Gasteiger partial charge is 0.326 e. The number of allylic oxidation sites excluding steroid dienone is 1. The summed E-state index contributed by atoms with van der Waals surface area (Å²) < 4.78 is 37.5. The number of rotatable bonds is 6. The number of benzene rings is 3. The SMILES string of the molecule is C=C(c1ccc(NC(=O)c2cc(NC(=O)[C@H]3[C@H](c4cc(Cl)cc(Cl)c4)C3(Cl)Cl)ccc2Cl)c(C)c1)C(F)(F)F. The van der Waals surface area contributed by atoms with Gasteiger partial charge in [0, 0.05) is 27.3 Å². The third-order valence-electron chi connectivity index (χ3n) is 6.22. The first-order valence-corrected chi connectivity index (χ1v) is 13.1. The summed E-state index contributed by atoms with van der Waals surface area (Å²) in [5.41, 5.74) is 0.427. The minimum absolute atomic E-state index is 0.0228. The second kappa shape index (κ2) is 10.9. The zero-order valence-electron chi connectivity index (χ0n) is 19.9. The fourth-order valence-corrected chi connectivity index (χ4v) is 5.74. The van der Waals surface area contributed by atoms with Gasteiger partial charge in [0.05, 0.1) is 22.1 Å². The molecule has 0 aliphatic heterocycles. The highest BCUT2D eigenvalue weighted by atomic mass is 35.5.